The Kier molecular flexibility index (Phi) is 4.31. The number of carbonyl (C=O) groups excluding carboxylic acids is 1. The zero-order valence-corrected chi connectivity index (χ0v) is 14.5. The van der Waals surface area contributed by atoms with Gasteiger partial charge >= 0.3 is 0 Å². The molecule has 0 spiro atoms. The van der Waals surface area contributed by atoms with E-state index in [1.165, 1.54) is 12.0 Å². The Balaban J connectivity index is 1.39. The first-order valence-electron chi connectivity index (χ1n) is 9.17. The van der Waals surface area contributed by atoms with E-state index in [-0.39, 0.29) is 5.60 Å². The van der Waals surface area contributed by atoms with Crippen molar-refractivity contribution in [2.24, 2.45) is 0 Å². The average molecular weight is 329 g/mol. The number of piperazine rings is 1. The van der Waals surface area contributed by atoms with E-state index in [0.29, 0.717) is 24.4 Å². The number of aromatic nitrogens is 1. The van der Waals surface area contributed by atoms with Crippen molar-refractivity contribution in [3.8, 4) is 0 Å². The highest BCUT2D eigenvalue weighted by atomic mass is 16.5. The van der Waals surface area contributed by atoms with Crippen LogP contribution in [0.3, 0.4) is 0 Å². The van der Waals surface area contributed by atoms with E-state index in [9.17, 15) is 4.79 Å². The van der Waals surface area contributed by atoms with Crippen molar-refractivity contribution in [1.29, 1.82) is 0 Å². The molecule has 24 heavy (non-hydrogen) atoms. The van der Waals surface area contributed by atoms with Gasteiger partial charge in [-0.2, -0.15) is 0 Å². The van der Waals surface area contributed by atoms with Crippen molar-refractivity contribution in [2.45, 2.75) is 62.8 Å². The van der Waals surface area contributed by atoms with Gasteiger partial charge in [-0.15, -0.1) is 0 Å². The van der Waals surface area contributed by atoms with Crippen molar-refractivity contribution in [3.05, 3.63) is 30.1 Å². The molecule has 4 rings (SSSR count). The third-order valence-electron chi connectivity index (χ3n) is 6.15. The van der Waals surface area contributed by atoms with Crippen LogP contribution in [0.15, 0.2) is 24.5 Å². The van der Waals surface area contributed by atoms with Gasteiger partial charge in [0.15, 0.2) is 0 Å². The van der Waals surface area contributed by atoms with Gasteiger partial charge in [-0.1, -0.05) is 6.07 Å². The van der Waals surface area contributed by atoms with Gasteiger partial charge in [-0.25, -0.2) is 0 Å². The summed E-state index contributed by atoms with van der Waals surface area (Å²) >= 11 is 0. The van der Waals surface area contributed by atoms with Gasteiger partial charge in [0.25, 0.3) is 0 Å². The quantitative estimate of drug-likeness (QED) is 0.831. The van der Waals surface area contributed by atoms with Crippen LogP contribution < -0.4 is 0 Å². The summed E-state index contributed by atoms with van der Waals surface area (Å²) in [4.78, 5) is 21.8. The van der Waals surface area contributed by atoms with Crippen molar-refractivity contribution in [3.63, 3.8) is 0 Å². The molecule has 130 valence electrons. The summed E-state index contributed by atoms with van der Waals surface area (Å²) in [5.74, 6) is 0.310. The molecule has 1 aliphatic carbocycles. The smallest absolute Gasteiger partial charge is 0.226 e. The summed E-state index contributed by atoms with van der Waals surface area (Å²) in [6.07, 6.45) is 9.86. The Morgan fingerprint density at radius 3 is 2.62 bits per heavy atom. The monoisotopic (exact) mass is 329 g/mol. The summed E-state index contributed by atoms with van der Waals surface area (Å²) in [7, 11) is 1.76. The molecule has 0 N–H and O–H groups in total. The van der Waals surface area contributed by atoms with E-state index >= 15 is 0 Å². The number of hydrogen-bond acceptors (Lipinski definition) is 4. The molecular formula is C19H27N3O2. The zero-order valence-electron chi connectivity index (χ0n) is 14.5. The molecular weight excluding hydrogens is 302 g/mol. The third kappa shape index (κ3) is 2.95. The number of hydrogen-bond donors (Lipinski definition) is 0. The molecule has 5 nitrogen and oxygen atoms in total. The molecule has 2 atom stereocenters. The standard InChI is InChI=1S/C19H27N3O2/c1-24-19(7-3-8-19)10-18(23)22-16-5-6-17(22)14-21(13-16)12-15-4-2-9-20-11-15/h2,4,9,11,16-17H,3,5-8,10,12-14H2,1H3. The highest BCUT2D eigenvalue weighted by Gasteiger charge is 2.46. The molecule has 2 unspecified atom stereocenters. The molecule has 2 saturated heterocycles. The van der Waals surface area contributed by atoms with Gasteiger partial charge in [-0.05, 0) is 43.7 Å². The van der Waals surface area contributed by atoms with Crippen LogP contribution in [0.1, 0.15) is 44.1 Å². The first kappa shape index (κ1) is 16.0. The molecule has 3 aliphatic rings. The van der Waals surface area contributed by atoms with Crippen molar-refractivity contribution in [2.75, 3.05) is 20.2 Å². The Bertz CT molecular complexity index is 568. The lowest BCUT2D eigenvalue weighted by atomic mass is 9.77. The maximum atomic E-state index is 12.9. The second-order valence-electron chi connectivity index (χ2n) is 7.66. The van der Waals surface area contributed by atoms with E-state index in [1.54, 1.807) is 7.11 Å². The van der Waals surface area contributed by atoms with Gasteiger partial charge in [0.2, 0.25) is 5.91 Å². The largest absolute Gasteiger partial charge is 0.378 e. The third-order valence-corrected chi connectivity index (χ3v) is 6.15. The van der Waals surface area contributed by atoms with Crippen molar-refractivity contribution in [1.82, 2.24) is 14.8 Å². The van der Waals surface area contributed by atoms with E-state index in [2.05, 4.69) is 20.9 Å². The second-order valence-corrected chi connectivity index (χ2v) is 7.66. The molecule has 1 saturated carbocycles. The fraction of sp³-hybridized carbons (Fsp3) is 0.684. The number of rotatable bonds is 5. The van der Waals surface area contributed by atoms with Gasteiger partial charge < -0.3 is 9.64 Å². The minimum absolute atomic E-state index is 0.163. The molecule has 1 amide bonds. The lowest BCUT2D eigenvalue weighted by molar-refractivity contribution is -0.149. The minimum Gasteiger partial charge on any atom is -0.378 e. The lowest BCUT2D eigenvalue weighted by Gasteiger charge is -2.45. The van der Waals surface area contributed by atoms with Crippen molar-refractivity contribution >= 4 is 5.91 Å². The van der Waals surface area contributed by atoms with Crippen LogP contribution in [-0.4, -0.2) is 58.6 Å². The highest BCUT2D eigenvalue weighted by Crippen LogP contribution is 2.40. The predicted molar refractivity (Wildman–Crippen MR) is 91.4 cm³/mol. The van der Waals surface area contributed by atoms with Gasteiger partial charge in [0, 0.05) is 51.2 Å². The molecule has 2 aliphatic heterocycles. The molecule has 3 fully saturated rings. The van der Waals surface area contributed by atoms with Crippen LogP contribution >= 0.6 is 0 Å². The number of pyridine rings is 1. The maximum absolute atomic E-state index is 12.9. The molecule has 1 aromatic heterocycles. The molecule has 2 bridgehead atoms. The Labute approximate surface area is 144 Å². The SMILES string of the molecule is COC1(CC(=O)N2C3CCC2CN(Cc2cccnc2)C3)CCC1. The Hall–Kier alpha value is -1.46. The van der Waals surface area contributed by atoms with Crippen LogP contribution in [0.5, 0.6) is 0 Å². The van der Waals surface area contributed by atoms with Crippen LogP contribution in [0.25, 0.3) is 0 Å². The zero-order chi connectivity index (χ0) is 16.6. The number of methoxy groups -OCH3 is 1. The number of fused-ring (bicyclic) bond motifs is 2. The average Bonchev–Trinajstić information content (AvgIpc) is 2.83. The van der Waals surface area contributed by atoms with Crippen LogP contribution in [0.2, 0.25) is 0 Å². The number of nitrogens with zero attached hydrogens (tertiary/aromatic N) is 3. The lowest BCUT2D eigenvalue weighted by Crippen LogP contribution is -2.57. The van der Waals surface area contributed by atoms with E-state index in [1.807, 2.05) is 18.5 Å². The topological polar surface area (TPSA) is 45.7 Å². The fourth-order valence-electron chi connectivity index (χ4n) is 4.67. The molecule has 0 aromatic carbocycles. The number of likely N-dealkylation sites (tertiary alicyclic amines) is 1. The van der Waals surface area contributed by atoms with Gasteiger partial charge in [-0.3, -0.25) is 14.7 Å². The van der Waals surface area contributed by atoms with E-state index in [4.69, 9.17) is 4.74 Å². The summed E-state index contributed by atoms with van der Waals surface area (Å²) in [5.41, 5.74) is 1.09. The van der Waals surface area contributed by atoms with Crippen LogP contribution in [-0.2, 0) is 16.1 Å². The van der Waals surface area contributed by atoms with Crippen LogP contribution in [0.4, 0.5) is 0 Å². The van der Waals surface area contributed by atoms with Gasteiger partial charge in [0.05, 0.1) is 12.0 Å². The number of carbonyl (C=O) groups is 1. The second kappa shape index (κ2) is 6.45. The molecule has 0 radical (unpaired) electrons. The van der Waals surface area contributed by atoms with Crippen LogP contribution in [0, 0.1) is 0 Å². The first-order valence-corrected chi connectivity index (χ1v) is 9.17. The molecule has 1 aromatic rings. The molecule has 5 heteroatoms. The first-order chi connectivity index (χ1) is 11.7. The summed E-state index contributed by atoms with van der Waals surface area (Å²) < 4.78 is 5.66. The predicted octanol–water partition coefficient (Wildman–Crippen LogP) is 2.22. The fourth-order valence-corrected chi connectivity index (χ4v) is 4.67. The molecule has 3 heterocycles. The van der Waals surface area contributed by atoms with E-state index in [0.717, 1.165) is 45.3 Å². The normalized spacial score (nSPS) is 28.6. The Morgan fingerprint density at radius 2 is 2.08 bits per heavy atom. The summed E-state index contributed by atoms with van der Waals surface area (Å²) in [6.45, 7) is 2.90. The van der Waals surface area contributed by atoms with E-state index < -0.39 is 0 Å². The van der Waals surface area contributed by atoms with Crippen molar-refractivity contribution < 1.29 is 9.53 Å². The van der Waals surface area contributed by atoms with Gasteiger partial charge in [0.1, 0.15) is 0 Å². The summed E-state index contributed by atoms with van der Waals surface area (Å²) in [6, 6.07) is 4.88. The Morgan fingerprint density at radius 1 is 1.33 bits per heavy atom. The minimum atomic E-state index is -0.163. The number of amides is 1. The number of ether oxygens (including phenoxy) is 1. The summed E-state index contributed by atoms with van der Waals surface area (Å²) in [5, 5.41) is 0. The highest BCUT2D eigenvalue weighted by molar-refractivity contribution is 5.78. The maximum Gasteiger partial charge on any atom is 0.226 e.